The smallest absolute Gasteiger partial charge is 0.228 e. The highest BCUT2D eigenvalue weighted by Gasteiger charge is 2.36. The Kier molecular flexibility index (Phi) is 6.77. The van der Waals surface area contributed by atoms with Crippen molar-refractivity contribution in [2.45, 2.75) is 30.7 Å². The third-order valence-corrected chi connectivity index (χ3v) is 3.59. The number of hydrogen-bond acceptors (Lipinski definition) is 3. The Labute approximate surface area is 155 Å². The summed E-state index contributed by atoms with van der Waals surface area (Å²) in [7, 11) is 0. The summed E-state index contributed by atoms with van der Waals surface area (Å²) in [6.07, 6.45) is -1.05. The van der Waals surface area contributed by atoms with Gasteiger partial charge in [0.05, 0.1) is 5.69 Å². The van der Waals surface area contributed by atoms with Gasteiger partial charge in [-0.3, -0.25) is 4.79 Å². The highest BCUT2D eigenvalue weighted by atomic mass is 35.6. The van der Waals surface area contributed by atoms with E-state index in [1.807, 2.05) is 0 Å². The van der Waals surface area contributed by atoms with Gasteiger partial charge in [0.25, 0.3) is 0 Å². The molecule has 0 fully saturated rings. The number of amides is 1. The van der Waals surface area contributed by atoms with Crippen molar-refractivity contribution < 1.29 is 9.90 Å². The van der Waals surface area contributed by atoms with E-state index >= 15 is 0 Å². The Morgan fingerprint density at radius 2 is 1.74 bits per heavy atom. The molecule has 0 aliphatic carbocycles. The molecule has 4 N–H and O–H groups in total. The summed E-state index contributed by atoms with van der Waals surface area (Å²) in [5.41, 5.74) is -0.280. The minimum Gasteiger partial charge on any atom is -0.506 e. The van der Waals surface area contributed by atoms with Crippen LogP contribution < -0.4 is 16.0 Å². The van der Waals surface area contributed by atoms with Crippen molar-refractivity contribution in [3.63, 3.8) is 0 Å². The first-order valence-electron chi connectivity index (χ1n) is 6.64. The normalized spacial score (nSPS) is 13.1. The molecule has 5 nitrogen and oxygen atoms in total. The van der Waals surface area contributed by atoms with E-state index in [1.54, 1.807) is 39.0 Å². The van der Waals surface area contributed by atoms with E-state index in [1.165, 1.54) is 6.07 Å². The van der Waals surface area contributed by atoms with E-state index in [-0.39, 0.29) is 16.8 Å². The van der Waals surface area contributed by atoms with Crippen molar-refractivity contribution in [3.05, 3.63) is 24.3 Å². The highest BCUT2D eigenvalue weighted by molar-refractivity contribution is 7.80. The molecule has 0 aliphatic rings. The van der Waals surface area contributed by atoms with E-state index in [2.05, 4.69) is 16.0 Å². The molecule has 0 aliphatic heterocycles. The number of para-hydroxylation sites is 2. The molecule has 0 saturated heterocycles. The SMILES string of the molecule is CC(C)(C)C(=O)NC(NC(=S)Nc1ccccc1O)C(Cl)(Cl)Cl. The first-order chi connectivity index (χ1) is 10.4. The lowest BCUT2D eigenvalue weighted by Gasteiger charge is -2.30. The van der Waals surface area contributed by atoms with Gasteiger partial charge in [-0.1, -0.05) is 67.7 Å². The standard InChI is InChI=1S/C14H18Cl3N3O2S/c1-13(2,3)11(22)19-10(14(15,16)17)20-12(23)18-8-6-4-5-7-9(8)21/h4-7,10,21H,1-3H3,(H,19,22)(H2,18,20,23). The number of aromatic hydroxyl groups is 1. The minimum atomic E-state index is -1.83. The molecule has 1 aromatic carbocycles. The second kappa shape index (κ2) is 7.75. The van der Waals surface area contributed by atoms with E-state index in [4.69, 9.17) is 47.0 Å². The van der Waals surface area contributed by atoms with Gasteiger partial charge < -0.3 is 21.1 Å². The molecular weight excluding hydrogens is 381 g/mol. The quantitative estimate of drug-likeness (QED) is 0.271. The number of alkyl halides is 3. The van der Waals surface area contributed by atoms with Crippen LogP contribution in [0, 0.1) is 5.41 Å². The lowest BCUT2D eigenvalue weighted by molar-refractivity contribution is -0.129. The van der Waals surface area contributed by atoms with Crippen LogP contribution in [0.25, 0.3) is 0 Å². The number of anilines is 1. The van der Waals surface area contributed by atoms with Crippen molar-refractivity contribution in [1.29, 1.82) is 0 Å². The summed E-state index contributed by atoms with van der Waals surface area (Å²) in [6, 6.07) is 6.52. The summed E-state index contributed by atoms with van der Waals surface area (Å²) >= 11 is 22.8. The van der Waals surface area contributed by atoms with Crippen LogP contribution in [0.2, 0.25) is 0 Å². The Bertz CT molecular complexity index is 585. The maximum absolute atomic E-state index is 12.1. The first kappa shape index (κ1) is 20.1. The van der Waals surface area contributed by atoms with Gasteiger partial charge >= 0.3 is 0 Å². The van der Waals surface area contributed by atoms with Gasteiger partial charge in [0, 0.05) is 5.41 Å². The average Bonchev–Trinajstić information content (AvgIpc) is 2.38. The molecule has 1 amide bonds. The Hall–Kier alpha value is -0.950. The average molecular weight is 399 g/mol. The van der Waals surface area contributed by atoms with Gasteiger partial charge in [0.1, 0.15) is 11.9 Å². The molecule has 1 aromatic rings. The lowest BCUT2D eigenvalue weighted by Crippen LogP contribution is -2.58. The molecule has 0 heterocycles. The van der Waals surface area contributed by atoms with Crippen LogP contribution in [-0.2, 0) is 4.79 Å². The maximum Gasteiger partial charge on any atom is 0.228 e. The molecule has 0 spiro atoms. The second-order valence-corrected chi connectivity index (χ2v) is 8.59. The molecule has 1 rings (SSSR count). The zero-order valence-electron chi connectivity index (χ0n) is 12.8. The Morgan fingerprint density at radius 1 is 1.17 bits per heavy atom. The molecule has 0 saturated carbocycles. The topological polar surface area (TPSA) is 73.4 Å². The second-order valence-electron chi connectivity index (χ2n) is 5.81. The number of thiocarbonyl (C=S) groups is 1. The predicted molar refractivity (Wildman–Crippen MR) is 99.1 cm³/mol. The third-order valence-electron chi connectivity index (χ3n) is 2.71. The fourth-order valence-corrected chi connectivity index (χ4v) is 1.97. The summed E-state index contributed by atoms with van der Waals surface area (Å²) in [6.45, 7) is 5.20. The molecule has 1 unspecified atom stereocenters. The molecule has 23 heavy (non-hydrogen) atoms. The van der Waals surface area contributed by atoms with Crippen molar-refractivity contribution in [2.75, 3.05) is 5.32 Å². The first-order valence-corrected chi connectivity index (χ1v) is 8.18. The molecule has 1 atom stereocenters. The molecule has 9 heteroatoms. The van der Waals surface area contributed by atoms with Crippen LogP contribution in [0.5, 0.6) is 5.75 Å². The molecule has 0 bridgehead atoms. The number of nitrogens with one attached hydrogen (secondary N) is 3. The van der Waals surface area contributed by atoms with Crippen LogP contribution in [0.1, 0.15) is 20.8 Å². The van der Waals surface area contributed by atoms with Crippen LogP contribution >= 0.6 is 47.0 Å². The molecule has 0 radical (unpaired) electrons. The van der Waals surface area contributed by atoms with Crippen LogP contribution in [0.15, 0.2) is 24.3 Å². The number of benzene rings is 1. The fraction of sp³-hybridized carbons (Fsp3) is 0.429. The Balaban J connectivity index is 2.80. The van der Waals surface area contributed by atoms with Crippen LogP contribution in [0.4, 0.5) is 5.69 Å². The minimum absolute atomic E-state index is 0.0146. The molecular formula is C14H18Cl3N3O2S. The van der Waals surface area contributed by atoms with E-state index in [0.717, 1.165) is 0 Å². The van der Waals surface area contributed by atoms with Crippen molar-refractivity contribution in [3.8, 4) is 5.75 Å². The summed E-state index contributed by atoms with van der Waals surface area (Å²) in [4.78, 5) is 12.1. The zero-order valence-corrected chi connectivity index (χ0v) is 15.9. The van der Waals surface area contributed by atoms with E-state index < -0.39 is 15.4 Å². The maximum atomic E-state index is 12.1. The van der Waals surface area contributed by atoms with Crippen molar-refractivity contribution in [1.82, 2.24) is 10.6 Å². The van der Waals surface area contributed by atoms with Gasteiger partial charge in [-0.05, 0) is 24.4 Å². The number of hydrogen-bond donors (Lipinski definition) is 4. The number of phenols is 1. The monoisotopic (exact) mass is 397 g/mol. The van der Waals surface area contributed by atoms with E-state index in [9.17, 15) is 9.90 Å². The fourth-order valence-electron chi connectivity index (χ4n) is 1.42. The zero-order chi connectivity index (χ0) is 17.8. The summed E-state index contributed by atoms with van der Waals surface area (Å²) < 4.78 is -1.83. The number of carbonyl (C=O) groups excluding carboxylic acids is 1. The summed E-state index contributed by atoms with van der Waals surface area (Å²) in [5.74, 6) is -0.299. The third kappa shape index (κ3) is 6.59. The van der Waals surface area contributed by atoms with Crippen molar-refractivity contribution >= 4 is 63.7 Å². The van der Waals surface area contributed by atoms with Gasteiger partial charge in [0.2, 0.25) is 9.70 Å². The molecule has 128 valence electrons. The summed E-state index contributed by atoms with van der Waals surface area (Å²) in [5, 5.41) is 17.9. The predicted octanol–water partition coefficient (Wildman–Crippen LogP) is 3.54. The van der Waals surface area contributed by atoms with Crippen LogP contribution in [-0.4, -0.2) is 26.1 Å². The number of phenolic OH excluding ortho intramolecular Hbond substituents is 1. The van der Waals surface area contributed by atoms with Gasteiger partial charge in [0.15, 0.2) is 5.11 Å². The van der Waals surface area contributed by atoms with Gasteiger partial charge in [-0.2, -0.15) is 0 Å². The van der Waals surface area contributed by atoms with Crippen LogP contribution in [0.3, 0.4) is 0 Å². The van der Waals surface area contributed by atoms with E-state index in [0.29, 0.717) is 5.69 Å². The lowest BCUT2D eigenvalue weighted by atomic mass is 9.95. The van der Waals surface area contributed by atoms with Crippen molar-refractivity contribution in [2.24, 2.45) is 5.41 Å². The number of carbonyl (C=O) groups is 1. The highest BCUT2D eigenvalue weighted by Crippen LogP contribution is 2.30. The van der Waals surface area contributed by atoms with Gasteiger partial charge in [-0.15, -0.1) is 0 Å². The molecule has 0 aromatic heterocycles. The Morgan fingerprint density at radius 3 is 2.22 bits per heavy atom. The largest absolute Gasteiger partial charge is 0.506 e. The number of halogens is 3. The van der Waals surface area contributed by atoms with Gasteiger partial charge in [-0.25, -0.2) is 0 Å². The number of rotatable bonds is 3.